The molecule has 0 bridgehead atoms. The van der Waals surface area contributed by atoms with Gasteiger partial charge in [0.1, 0.15) is 12.2 Å². The van der Waals surface area contributed by atoms with Gasteiger partial charge in [0.15, 0.2) is 10.3 Å². The molecule has 158 valence electrons. The molecule has 2 aromatic heterocycles. The highest BCUT2D eigenvalue weighted by Crippen LogP contribution is 2.32. The molecular weight excluding hydrogens is 422 g/mol. The van der Waals surface area contributed by atoms with Crippen LogP contribution in [0.15, 0.2) is 46.2 Å². The molecule has 0 unspecified atom stereocenters. The SMILES string of the molecule is Cc1ccc(NC(=O)CC(=O)Nc2ncc(Sc3ncc[nH]3)s2)c(OCC(C)C)c1. The van der Waals surface area contributed by atoms with Gasteiger partial charge in [0.2, 0.25) is 11.8 Å². The Morgan fingerprint density at radius 3 is 2.77 bits per heavy atom. The van der Waals surface area contributed by atoms with Crippen molar-refractivity contribution in [3.05, 3.63) is 42.4 Å². The summed E-state index contributed by atoms with van der Waals surface area (Å²) in [5, 5.41) is 6.58. The molecule has 0 spiro atoms. The number of aromatic nitrogens is 3. The third-order valence-corrected chi connectivity index (χ3v) is 5.64. The van der Waals surface area contributed by atoms with Crippen molar-refractivity contribution in [2.24, 2.45) is 5.92 Å². The van der Waals surface area contributed by atoms with E-state index in [-0.39, 0.29) is 6.42 Å². The Balaban J connectivity index is 1.54. The number of benzene rings is 1. The maximum Gasteiger partial charge on any atom is 0.235 e. The Bertz CT molecular complexity index is 1000. The minimum absolute atomic E-state index is 0.322. The molecule has 0 aliphatic heterocycles. The number of hydrogen-bond acceptors (Lipinski definition) is 7. The number of H-pyrrole nitrogens is 1. The van der Waals surface area contributed by atoms with E-state index in [1.165, 1.54) is 23.1 Å². The number of nitrogens with zero attached hydrogens (tertiary/aromatic N) is 2. The van der Waals surface area contributed by atoms with Crippen molar-refractivity contribution in [1.82, 2.24) is 15.0 Å². The third kappa shape index (κ3) is 6.60. The fraction of sp³-hybridized carbons (Fsp3) is 0.300. The number of ether oxygens (including phenoxy) is 1. The molecule has 2 heterocycles. The Morgan fingerprint density at radius 2 is 2.03 bits per heavy atom. The second-order valence-corrected chi connectivity index (χ2v) is 9.28. The van der Waals surface area contributed by atoms with Gasteiger partial charge in [-0.2, -0.15) is 0 Å². The number of nitrogens with one attached hydrogen (secondary N) is 3. The second-order valence-electron chi connectivity index (χ2n) is 6.96. The molecule has 8 nitrogen and oxygen atoms in total. The minimum atomic E-state index is -0.437. The smallest absolute Gasteiger partial charge is 0.235 e. The van der Waals surface area contributed by atoms with Crippen LogP contribution in [0.25, 0.3) is 0 Å². The predicted molar refractivity (Wildman–Crippen MR) is 118 cm³/mol. The second kappa shape index (κ2) is 10.3. The molecule has 0 saturated heterocycles. The highest BCUT2D eigenvalue weighted by atomic mass is 32.2. The number of aromatic amines is 1. The van der Waals surface area contributed by atoms with Gasteiger partial charge in [-0.05, 0) is 42.3 Å². The quantitative estimate of drug-likeness (QED) is 0.423. The van der Waals surface area contributed by atoms with Crippen LogP contribution in [0.5, 0.6) is 5.75 Å². The zero-order valence-corrected chi connectivity index (χ0v) is 18.5. The van der Waals surface area contributed by atoms with E-state index in [4.69, 9.17) is 4.74 Å². The zero-order valence-electron chi connectivity index (χ0n) is 16.9. The molecule has 30 heavy (non-hydrogen) atoms. The summed E-state index contributed by atoms with van der Waals surface area (Å²) in [7, 11) is 0. The van der Waals surface area contributed by atoms with Crippen LogP contribution in [-0.4, -0.2) is 33.4 Å². The van der Waals surface area contributed by atoms with E-state index in [9.17, 15) is 9.59 Å². The van der Waals surface area contributed by atoms with Crippen molar-refractivity contribution < 1.29 is 14.3 Å². The molecule has 3 aromatic rings. The van der Waals surface area contributed by atoms with Crippen LogP contribution in [-0.2, 0) is 9.59 Å². The Morgan fingerprint density at radius 1 is 1.23 bits per heavy atom. The van der Waals surface area contributed by atoms with Gasteiger partial charge in [-0.25, -0.2) is 9.97 Å². The lowest BCUT2D eigenvalue weighted by Gasteiger charge is -2.14. The van der Waals surface area contributed by atoms with Crippen LogP contribution < -0.4 is 15.4 Å². The monoisotopic (exact) mass is 445 g/mol. The average Bonchev–Trinajstić information content (AvgIpc) is 3.34. The van der Waals surface area contributed by atoms with E-state index < -0.39 is 11.8 Å². The van der Waals surface area contributed by atoms with Crippen molar-refractivity contribution in [3.8, 4) is 5.75 Å². The van der Waals surface area contributed by atoms with Gasteiger partial charge >= 0.3 is 0 Å². The van der Waals surface area contributed by atoms with Crippen molar-refractivity contribution in [2.45, 2.75) is 36.6 Å². The summed E-state index contributed by atoms with van der Waals surface area (Å²) in [5.41, 5.74) is 1.57. The van der Waals surface area contributed by atoms with Gasteiger partial charge in [0, 0.05) is 12.4 Å². The summed E-state index contributed by atoms with van der Waals surface area (Å²) in [4.78, 5) is 35.9. The highest BCUT2D eigenvalue weighted by Gasteiger charge is 2.15. The maximum atomic E-state index is 12.3. The lowest BCUT2D eigenvalue weighted by atomic mass is 10.2. The van der Waals surface area contributed by atoms with E-state index >= 15 is 0 Å². The average molecular weight is 446 g/mol. The van der Waals surface area contributed by atoms with Gasteiger partial charge in [-0.3, -0.25) is 9.59 Å². The minimum Gasteiger partial charge on any atom is -0.491 e. The standard InChI is InChI=1S/C20H23N5O3S2/c1-12(2)11-28-15-8-13(3)4-5-14(15)24-16(26)9-17(27)25-20-23-10-18(30-20)29-19-21-6-7-22-19/h4-8,10,12H,9,11H2,1-3H3,(H,21,22)(H,24,26)(H,23,25,27). The third-order valence-electron chi connectivity index (χ3n) is 3.71. The summed E-state index contributed by atoms with van der Waals surface area (Å²) in [5.74, 6) is 0.0894. The first-order chi connectivity index (χ1) is 14.4. The molecule has 0 saturated carbocycles. The van der Waals surface area contributed by atoms with Gasteiger partial charge in [-0.1, -0.05) is 31.3 Å². The number of carbonyl (C=O) groups excluding carboxylic acids is 2. The number of amides is 2. The number of hydrogen-bond donors (Lipinski definition) is 3. The normalized spacial score (nSPS) is 10.8. The van der Waals surface area contributed by atoms with Crippen LogP contribution in [0.4, 0.5) is 10.8 Å². The molecule has 10 heteroatoms. The molecule has 0 atom stereocenters. The predicted octanol–water partition coefficient (Wildman–Crippen LogP) is 4.33. The Hall–Kier alpha value is -2.85. The Labute approximate surface area is 182 Å². The first-order valence-corrected chi connectivity index (χ1v) is 11.0. The topological polar surface area (TPSA) is 109 Å². The van der Waals surface area contributed by atoms with E-state index in [0.29, 0.717) is 29.1 Å². The molecule has 0 aliphatic rings. The van der Waals surface area contributed by atoms with Crippen LogP contribution >= 0.6 is 23.1 Å². The van der Waals surface area contributed by atoms with Crippen molar-refractivity contribution in [3.63, 3.8) is 0 Å². The van der Waals surface area contributed by atoms with Crippen LogP contribution in [0, 0.1) is 12.8 Å². The number of rotatable bonds is 9. The number of imidazole rings is 1. The molecule has 3 rings (SSSR count). The van der Waals surface area contributed by atoms with Crippen LogP contribution in [0.1, 0.15) is 25.8 Å². The van der Waals surface area contributed by atoms with E-state index in [2.05, 4.69) is 39.4 Å². The van der Waals surface area contributed by atoms with Crippen molar-refractivity contribution in [2.75, 3.05) is 17.2 Å². The van der Waals surface area contributed by atoms with Crippen molar-refractivity contribution in [1.29, 1.82) is 0 Å². The fourth-order valence-corrected chi connectivity index (χ4v) is 4.12. The molecule has 0 radical (unpaired) electrons. The largest absolute Gasteiger partial charge is 0.491 e. The van der Waals surface area contributed by atoms with E-state index in [1.54, 1.807) is 24.7 Å². The number of aryl methyl sites for hydroxylation is 1. The van der Waals surface area contributed by atoms with Gasteiger partial charge < -0.3 is 20.4 Å². The van der Waals surface area contributed by atoms with Gasteiger partial charge in [0.25, 0.3) is 0 Å². The van der Waals surface area contributed by atoms with Crippen LogP contribution in [0.3, 0.4) is 0 Å². The first-order valence-electron chi connectivity index (χ1n) is 9.35. The molecule has 0 aliphatic carbocycles. The first kappa shape index (κ1) is 21.8. The molecular formula is C20H23N5O3S2. The summed E-state index contributed by atoms with van der Waals surface area (Å²) in [6.45, 7) is 6.59. The molecule has 0 fully saturated rings. The molecule has 2 amide bonds. The summed E-state index contributed by atoms with van der Waals surface area (Å²) in [6.07, 6.45) is 4.73. The van der Waals surface area contributed by atoms with Crippen molar-refractivity contribution >= 4 is 45.7 Å². The van der Waals surface area contributed by atoms with E-state index in [0.717, 1.165) is 14.9 Å². The fourth-order valence-electron chi connectivity index (χ4n) is 2.38. The number of thiazole rings is 1. The lowest BCUT2D eigenvalue weighted by molar-refractivity contribution is -0.123. The van der Waals surface area contributed by atoms with Gasteiger partial charge in [0.05, 0.1) is 22.7 Å². The summed E-state index contributed by atoms with van der Waals surface area (Å²) >= 11 is 2.72. The highest BCUT2D eigenvalue weighted by molar-refractivity contribution is 8.01. The number of carbonyl (C=O) groups is 2. The summed E-state index contributed by atoms with van der Waals surface area (Å²) < 4.78 is 6.66. The summed E-state index contributed by atoms with van der Waals surface area (Å²) in [6, 6.07) is 5.53. The molecule has 1 aromatic carbocycles. The van der Waals surface area contributed by atoms with Gasteiger partial charge in [-0.15, -0.1) is 0 Å². The Kier molecular flexibility index (Phi) is 7.47. The number of anilines is 2. The van der Waals surface area contributed by atoms with E-state index in [1.807, 2.05) is 19.1 Å². The maximum absolute atomic E-state index is 12.3. The zero-order chi connectivity index (χ0) is 21.5. The molecule has 3 N–H and O–H groups in total. The van der Waals surface area contributed by atoms with Crippen LogP contribution in [0.2, 0.25) is 0 Å². The lowest BCUT2D eigenvalue weighted by Crippen LogP contribution is -2.21.